The van der Waals surface area contributed by atoms with E-state index in [1.54, 1.807) is 11.3 Å². The van der Waals surface area contributed by atoms with E-state index in [9.17, 15) is 4.79 Å². The first-order chi connectivity index (χ1) is 10.7. The van der Waals surface area contributed by atoms with E-state index in [1.165, 1.54) is 28.5 Å². The van der Waals surface area contributed by atoms with Crippen molar-refractivity contribution in [2.24, 2.45) is 5.10 Å². The van der Waals surface area contributed by atoms with E-state index < -0.39 is 0 Å². The van der Waals surface area contributed by atoms with Crippen LogP contribution in [0.2, 0.25) is 0 Å². The Bertz CT molecular complexity index is 816. The van der Waals surface area contributed by atoms with Gasteiger partial charge in [0.15, 0.2) is 0 Å². The zero-order chi connectivity index (χ0) is 15.5. The number of nitrogens with one attached hydrogen (secondary N) is 1. The Morgan fingerprint density at radius 3 is 2.86 bits per heavy atom. The van der Waals surface area contributed by atoms with Crippen LogP contribution in [0, 0.1) is 0 Å². The maximum atomic E-state index is 11.6. The van der Waals surface area contributed by atoms with Gasteiger partial charge in [0, 0.05) is 4.70 Å². The molecule has 0 atom stereocenters. The van der Waals surface area contributed by atoms with Crippen molar-refractivity contribution in [1.29, 1.82) is 0 Å². The minimum absolute atomic E-state index is 0.354. The molecule has 3 rings (SSSR count). The molecular weight excluding hydrogens is 316 g/mol. The van der Waals surface area contributed by atoms with Crippen LogP contribution >= 0.6 is 22.7 Å². The fourth-order valence-corrected chi connectivity index (χ4v) is 3.78. The van der Waals surface area contributed by atoms with Crippen LogP contribution in [0.3, 0.4) is 0 Å². The van der Waals surface area contributed by atoms with Gasteiger partial charge >= 0.3 is 5.97 Å². The number of nitrogens with zero attached hydrogens (tertiary/aromatic N) is 1. The minimum Gasteiger partial charge on any atom is -0.465 e. The van der Waals surface area contributed by atoms with E-state index in [1.807, 2.05) is 30.5 Å². The van der Waals surface area contributed by atoms with Crippen LogP contribution in [-0.2, 0) is 4.74 Å². The average molecular weight is 330 g/mol. The molecule has 0 radical (unpaired) electrons. The molecule has 0 aliphatic heterocycles. The van der Waals surface area contributed by atoms with Crippen LogP contribution in [0.15, 0.2) is 46.9 Å². The molecule has 22 heavy (non-hydrogen) atoms. The molecule has 2 heterocycles. The fraction of sp³-hybridized carbons (Fsp3) is 0.125. The van der Waals surface area contributed by atoms with Crippen molar-refractivity contribution in [3.63, 3.8) is 0 Å². The van der Waals surface area contributed by atoms with E-state index in [2.05, 4.69) is 28.7 Å². The summed E-state index contributed by atoms with van der Waals surface area (Å²) in [5.41, 5.74) is 4.50. The molecule has 0 fully saturated rings. The number of methoxy groups -OCH3 is 1. The van der Waals surface area contributed by atoms with Gasteiger partial charge in [-0.1, -0.05) is 18.2 Å². The first-order valence-corrected chi connectivity index (χ1v) is 8.33. The number of hydrogen-bond donors (Lipinski definition) is 1. The summed E-state index contributed by atoms with van der Waals surface area (Å²) < 4.78 is 5.99. The molecule has 0 aliphatic rings. The lowest BCUT2D eigenvalue weighted by Crippen LogP contribution is -2.03. The van der Waals surface area contributed by atoms with Crippen molar-refractivity contribution in [3.05, 3.63) is 51.5 Å². The maximum Gasteiger partial charge on any atom is 0.350 e. The second kappa shape index (κ2) is 6.29. The Balaban J connectivity index is 1.83. The highest BCUT2D eigenvalue weighted by atomic mass is 32.1. The molecule has 112 valence electrons. The number of rotatable bonds is 4. The number of ether oxygens (including phenoxy) is 1. The quantitative estimate of drug-likeness (QED) is 0.432. The Kier molecular flexibility index (Phi) is 4.22. The van der Waals surface area contributed by atoms with E-state index in [0.29, 0.717) is 10.6 Å². The van der Waals surface area contributed by atoms with Gasteiger partial charge in [-0.25, -0.2) is 4.79 Å². The molecule has 1 N–H and O–H groups in total. The molecule has 3 aromatic rings. The van der Waals surface area contributed by atoms with Gasteiger partial charge in [-0.15, -0.1) is 22.7 Å². The standard InChI is InChI=1S/C16H14N2O2S2/c1-10(14-9-11-5-3-4-6-13(11)22-14)17-18-12-7-8-21-15(12)16(19)20-2/h3-9,18H,1-2H3. The highest BCUT2D eigenvalue weighted by molar-refractivity contribution is 7.20. The number of fused-ring (bicyclic) bond motifs is 1. The smallest absolute Gasteiger partial charge is 0.350 e. The summed E-state index contributed by atoms with van der Waals surface area (Å²) in [5.74, 6) is -0.354. The Morgan fingerprint density at radius 1 is 1.27 bits per heavy atom. The normalized spacial score (nSPS) is 11.6. The summed E-state index contributed by atoms with van der Waals surface area (Å²) in [7, 11) is 1.37. The third kappa shape index (κ3) is 2.88. The molecular formula is C16H14N2O2S2. The number of carbonyl (C=O) groups excluding carboxylic acids is 1. The summed E-state index contributed by atoms with van der Waals surface area (Å²) in [6, 6.07) is 12.2. The van der Waals surface area contributed by atoms with Crippen molar-refractivity contribution in [2.75, 3.05) is 12.5 Å². The molecule has 0 saturated carbocycles. The Hall–Kier alpha value is -2.18. The predicted molar refractivity (Wildman–Crippen MR) is 93.3 cm³/mol. The lowest BCUT2D eigenvalue weighted by molar-refractivity contribution is 0.0607. The number of esters is 1. The number of anilines is 1. The van der Waals surface area contributed by atoms with Crippen LogP contribution in [0.25, 0.3) is 10.1 Å². The number of carbonyl (C=O) groups is 1. The van der Waals surface area contributed by atoms with Gasteiger partial charge in [-0.2, -0.15) is 5.10 Å². The first-order valence-electron chi connectivity index (χ1n) is 6.64. The maximum absolute atomic E-state index is 11.6. The van der Waals surface area contributed by atoms with Gasteiger partial charge in [0.05, 0.1) is 23.4 Å². The average Bonchev–Trinajstić information content (AvgIpc) is 3.18. The highest BCUT2D eigenvalue weighted by Crippen LogP contribution is 2.27. The molecule has 0 saturated heterocycles. The second-order valence-electron chi connectivity index (χ2n) is 4.61. The van der Waals surface area contributed by atoms with Crippen molar-refractivity contribution in [2.45, 2.75) is 6.92 Å². The molecule has 6 heteroatoms. The van der Waals surface area contributed by atoms with Crippen LogP contribution in [0.4, 0.5) is 5.69 Å². The third-order valence-electron chi connectivity index (χ3n) is 3.16. The summed E-state index contributed by atoms with van der Waals surface area (Å²) in [4.78, 5) is 13.3. The monoisotopic (exact) mass is 330 g/mol. The molecule has 4 nitrogen and oxygen atoms in total. The van der Waals surface area contributed by atoms with Crippen molar-refractivity contribution in [1.82, 2.24) is 0 Å². The third-order valence-corrected chi connectivity index (χ3v) is 5.28. The molecule has 2 aromatic heterocycles. The summed E-state index contributed by atoms with van der Waals surface area (Å²) in [6.45, 7) is 1.95. The minimum atomic E-state index is -0.354. The Labute approximate surface area is 136 Å². The summed E-state index contributed by atoms with van der Waals surface area (Å²) >= 11 is 3.03. The lowest BCUT2D eigenvalue weighted by Gasteiger charge is -2.02. The summed E-state index contributed by atoms with van der Waals surface area (Å²) in [6.07, 6.45) is 0. The van der Waals surface area contributed by atoms with Crippen molar-refractivity contribution in [3.8, 4) is 0 Å². The number of hydrazone groups is 1. The van der Waals surface area contributed by atoms with Crippen molar-refractivity contribution < 1.29 is 9.53 Å². The van der Waals surface area contributed by atoms with E-state index in [0.717, 1.165) is 10.6 Å². The second-order valence-corrected chi connectivity index (χ2v) is 6.61. The first kappa shape index (κ1) is 14.7. The fourth-order valence-electron chi connectivity index (χ4n) is 2.01. The molecule has 0 spiro atoms. The largest absolute Gasteiger partial charge is 0.465 e. The summed E-state index contributed by atoms with van der Waals surface area (Å²) in [5, 5.41) is 7.43. The predicted octanol–water partition coefficient (Wildman–Crippen LogP) is 4.59. The molecule has 1 aromatic carbocycles. The van der Waals surface area contributed by atoms with Crippen LogP contribution in [0.5, 0.6) is 0 Å². The molecule has 0 amide bonds. The van der Waals surface area contributed by atoms with Crippen LogP contribution in [0.1, 0.15) is 21.5 Å². The van der Waals surface area contributed by atoms with Crippen molar-refractivity contribution >= 4 is 50.1 Å². The highest BCUT2D eigenvalue weighted by Gasteiger charge is 2.13. The van der Waals surface area contributed by atoms with Gasteiger partial charge in [-0.3, -0.25) is 5.43 Å². The van der Waals surface area contributed by atoms with Gasteiger partial charge < -0.3 is 4.74 Å². The molecule has 0 unspecified atom stereocenters. The topological polar surface area (TPSA) is 50.7 Å². The van der Waals surface area contributed by atoms with E-state index in [-0.39, 0.29) is 5.97 Å². The SMILES string of the molecule is COC(=O)c1sccc1NN=C(C)c1cc2ccccc2s1. The zero-order valence-electron chi connectivity index (χ0n) is 12.1. The van der Waals surface area contributed by atoms with Gasteiger partial charge in [-0.05, 0) is 35.9 Å². The van der Waals surface area contributed by atoms with Gasteiger partial charge in [0.2, 0.25) is 0 Å². The zero-order valence-corrected chi connectivity index (χ0v) is 13.8. The molecule has 0 bridgehead atoms. The number of thiophene rings is 2. The van der Waals surface area contributed by atoms with E-state index >= 15 is 0 Å². The van der Waals surface area contributed by atoms with E-state index in [4.69, 9.17) is 4.74 Å². The number of benzene rings is 1. The van der Waals surface area contributed by atoms with Crippen LogP contribution in [-0.4, -0.2) is 18.8 Å². The Morgan fingerprint density at radius 2 is 2.09 bits per heavy atom. The van der Waals surface area contributed by atoms with Gasteiger partial charge in [0.1, 0.15) is 4.88 Å². The molecule has 0 aliphatic carbocycles. The van der Waals surface area contributed by atoms with Gasteiger partial charge in [0.25, 0.3) is 0 Å². The van der Waals surface area contributed by atoms with Crippen LogP contribution < -0.4 is 5.43 Å². The lowest BCUT2D eigenvalue weighted by atomic mass is 10.2. The number of hydrogen-bond acceptors (Lipinski definition) is 6.